The van der Waals surface area contributed by atoms with Crippen LogP contribution < -0.4 is 10.6 Å². The molecule has 1 atom stereocenters. The van der Waals surface area contributed by atoms with Crippen LogP contribution in [0, 0.1) is 0 Å². The molecule has 0 aliphatic carbocycles. The van der Waals surface area contributed by atoms with Gasteiger partial charge < -0.3 is 15.5 Å². The maximum atomic E-state index is 12.9. The van der Waals surface area contributed by atoms with E-state index in [9.17, 15) is 9.59 Å². The molecule has 1 unspecified atom stereocenters. The zero-order valence-corrected chi connectivity index (χ0v) is 15.3. The van der Waals surface area contributed by atoms with Crippen LogP contribution in [-0.2, 0) is 11.2 Å². The summed E-state index contributed by atoms with van der Waals surface area (Å²) in [4.78, 5) is 26.5. The highest BCUT2D eigenvalue weighted by molar-refractivity contribution is 6.06. The van der Waals surface area contributed by atoms with E-state index in [1.54, 1.807) is 19.0 Å². The van der Waals surface area contributed by atoms with E-state index in [1.807, 2.05) is 48.5 Å². The molecule has 2 aromatic carbocycles. The number of carbonyl (C=O) groups excluding carboxylic acids is 2. The number of carbonyl (C=O) groups is 2. The lowest BCUT2D eigenvalue weighted by Gasteiger charge is -2.17. The van der Waals surface area contributed by atoms with Gasteiger partial charge in [-0.05, 0) is 42.1 Å². The van der Waals surface area contributed by atoms with E-state index in [4.69, 9.17) is 0 Å². The number of hydrogen-bond donors (Lipinski definition) is 2. The van der Waals surface area contributed by atoms with Crippen LogP contribution >= 0.6 is 0 Å². The monoisotopic (exact) mass is 351 g/mol. The third-order valence-corrected chi connectivity index (χ3v) is 4.81. The van der Waals surface area contributed by atoms with E-state index >= 15 is 0 Å². The molecular weight excluding hydrogens is 326 g/mol. The summed E-state index contributed by atoms with van der Waals surface area (Å²) in [6.07, 6.45) is 1.30. The van der Waals surface area contributed by atoms with Gasteiger partial charge in [0.1, 0.15) is 0 Å². The van der Waals surface area contributed by atoms with Crippen molar-refractivity contribution in [1.82, 2.24) is 10.2 Å². The molecule has 2 aromatic rings. The Morgan fingerprint density at radius 3 is 2.58 bits per heavy atom. The molecule has 1 heterocycles. The van der Waals surface area contributed by atoms with Gasteiger partial charge in [-0.3, -0.25) is 9.59 Å². The average molecular weight is 351 g/mol. The van der Waals surface area contributed by atoms with Crippen molar-refractivity contribution in [3.63, 3.8) is 0 Å². The Hall–Kier alpha value is -2.66. The third kappa shape index (κ3) is 4.11. The Kier molecular flexibility index (Phi) is 5.68. The number of anilines is 1. The number of rotatable bonds is 5. The van der Waals surface area contributed by atoms with Gasteiger partial charge in [0.2, 0.25) is 5.91 Å². The van der Waals surface area contributed by atoms with Crippen LogP contribution in [0.2, 0.25) is 0 Å². The number of para-hydroxylation sites is 1. The second-order valence-electron chi connectivity index (χ2n) is 6.85. The average Bonchev–Trinajstić information content (AvgIpc) is 3.17. The normalized spacial score (nSPS) is 16.3. The van der Waals surface area contributed by atoms with Gasteiger partial charge in [-0.25, -0.2) is 0 Å². The Morgan fingerprint density at radius 1 is 1.12 bits per heavy atom. The largest absolute Gasteiger partial charge is 0.349 e. The highest BCUT2D eigenvalue weighted by Gasteiger charge is 2.22. The van der Waals surface area contributed by atoms with E-state index < -0.39 is 0 Å². The van der Waals surface area contributed by atoms with Crippen molar-refractivity contribution in [2.75, 3.05) is 32.5 Å². The maximum Gasteiger partial charge on any atom is 0.255 e. The van der Waals surface area contributed by atoms with Gasteiger partial charge in [0.25, 0.3) is 5.91 Å². The lowest BCUT2D eigenvalue weighted by Crippen LogP contribution is -2.24. The van der Waals surface area contributed by atoms with E-state index in [1.165, 1.54) is 0 Å². The fourth-order valence-corrected chi connectivity index (χ4v) is 3.29. The number of hydrogen-bond acceptors (Lipinski definition) is 3. The molecule has 1 aliphatic rings. The van der Waals surface area contributed by atoms with Crippen molar-refractivity contribution in [3.8, 4) is 0 Å². The van der Waals surface area contributed by atoms with Crippen molar-refractivity contribution in [3.05, 3.63) is 65.2 Å². The summed E-state index contributed by atoms with van der Waals surface area (Å²) in [7, 11) is 3.46. The van der Waals surface area contributed by atoms with Crippen molar-refractivity contribution in [1.29, 1.82) is 0 Å². The van der Waals surface area contributed by atoms with E-state index in [-0.39, 0.29) is 18.2 Å². The van der Waals surface area contributed by atoms with Crippen LogP contribution in [0.5, 0.6) is 0 Å². The minimum absolute atomic E-state index is 0.00382. The van der Waals surface area contributed by atoms with Gasteiger partial charge in [-0.1, -0.05) is 36.4 Å². The molecule has 26 heavy (non-hydrogen) atoms. The fraction of sp³-hybridized carbons (Fsp3) is 0.333. The van der Waals surface area contributed by atoms with Gasteiger partial charge in [-0.2, -0.15) is 0 Å². The standard InChI is InChI=1S/C21H25N3O2/c1-24(2)20(25)13-15-7-3-6-10-19(15)23-21(26)18-9-5-4-8-17(18)16-11-12-22-14-16/h3-10,16,22H,11-14H2,1-2H3,(H,23,26). The first-order valence-electron chi connectivity index (χ1n) is 8.95. The van der Waals surface area contributed by atoms with Crippen LogP contribution in [0.1, 0.15) is 33.8 Å². The minimum Gasteiger partial charge on any atom is -0.349 e. The molecule has 0 bridgehead atoms. The number of amides is 2. The smallest absolute Gasteiger partial charge is 0.255 e. The van der Waals surface area contributed by atoms with Crippen molar-refractivity contribution >= 4 is 17.5 Å². The minimum atomic E-state index is -0.128. The van der Waals surface area contributed by atoms with Crippen LogP contribution in [-0.4, -0.2) is 43.9 Å². The summed E-state index contributed by atoms with van der Waals surface area (Å²) in [5, 5.41) is 6.36. The lowest BCUT2D eigenvalue weighted by atomic mass is 9.93. The van der Waals surface area contributed by atoms with Gasteiger partial charge in [0.15, 0.2) is 0 Å². The molecule has 2 N–H and O–H groups in total. The molecule has 0 saturated carbocycles. The first kappa shape index (κ1) is 18.1. The van der Waals surface area contributed by atoms with Gasteiger partial charge in [0.05, 0.1) is 6.42 Å². The predicted molar refractivity (Wildman–Crippen MR) is 103 cm³/mol. The molecule has 136 valence electrons. The Morgan fingerprint density at radius 2 is 1.85 bits per heavy atom. The molecule has 0 spiro atoms. The Balaban J connectivity index is 1.82. The Labute approximate surface area is 154 Å². The molecule has 2 amide bonds. The van der Waals surface area contributed by atoms with Crippen molar-refractivity contribution < 1.29 is 9.59 Å². The third-order valence-electron chi connectivity index (χ3n) is 4.81. The quantitative estimate of drug-likeness (QED) is 0.871. The van der Waals surface area contributed by atoms with Crippen molar-refractivity contribution in [2.45, 2.75) is 18.8 Å². The molecule has 1 saturated heterocycles. The molecule has 1 fully saturated rings. The van der Waals surface area contributed by atoms with Crippen LogP contribution in [0.3, 0.4) is 0 Å². The molecular formula is C21H25N3O2. The van der Waals surface area contributed by atoms with E-state index in [0.29, 0.717) is 17.2 Å². The molecule has 0 aromatic heterocycles. The topological polar surface area (TPSA) is 61.4 Å². The fourth-order valence-electron chi connectivity index (χ4n) is 3.29. The molecule has 0 radical (unpaired) electrons. The zero-order chi connectivity index (χ0) is 18.5. The van der Waals surface area contributed by atoms with Crippen molar-refractivity contribution in [2.24, 2.45) is 0 Å². The second kappa shape index (κ2) is 8.15. The summed E-state index contributed by atoms with van der Waals surface area (Å²) in [5.41, 5.74) is 3.29. The molecule has 1 aliphatic heterocycles. The number of nitrogens with one attached hydrogen (secondary N) is 2. The first-order valence-corrected chi connectivity index (χ1v) is 8.95. The number of nitrogens with zero attached hydrogens (tertiary/aromatic N) is 1. The SMILES string of the molecule is CN(C)C(=O)Cc1ccccc1NC(=O)c1ccccc1C1CCNC1. The first-order chi connectivity index (χ1) is 12.6. The highest BCUT2D eigenvalue weighted by atomic mass is 16.2. The Bertz CT molecular complexity index is 795. The second-order valence-corrected chi connectivity index (χ2v) is 6.85. The summed E-state index contributed by atoms with van der Waals surface area (Å²) in [6.45, 7) is 1.88. The summed E-state index contributed by atoms with van der Waals surface area (Å²) in [6, 6.07) is 15.2. The maximum absolute atomic E-state index is 12.9. The van der Waals surface area contributed by atoms with Gasteiger partial charge >= 0.3 is 0 Å². The number of likely N-dealkylation sites (N-methyl/N-ethyl adjacent to an activating group) is 1. The number of benzene rings is 2. The van der Waals surface area contributed by atoms with Gasteiger partial charge in [0, 0.05) is 31.9 Å². The molecule has 5 nitrogen and oxygen atoms in total. The predicted octanol–water partition coefficient (Wildman–Crippen LogP) is 2.65. The molecule has 3 rings (SSSR count). The zero-order valence-electron chi connectivity index (χ0n) is 15.3. The van der Waals surface area contributed by atoms with Crippen LogP contribution in [0.15, 0.2) is 48.5 Å². The lowest BCUT2D eigenvalue weighted by molar-refractivity contribution is -0.127. The van der Waals surface area contributed by atoms with Crippen LogP contribution in [0.25, 0.3) is 0 Å². The van der Waals surface area contributed by atoms with E-state index in [2.05, 4.69) is 10.6 Å². The van der Waals surface area contributed by atoms with Crippen LogP contribution in [0.4, 0.5) is 5.69 Å². The summed E-state index contributed by atoms with van der Waals surface area (Å²) in [5.74, 6) is 0.240. The summed E-state index contributed by atoms with van der Waals surface area (Å²) >= 11 is 0. The molecule has 5 heteroatoms. The van der Waals surface area contributed by atoms with Gasteiger partial charge in [-0.15, -0.1) is 0 Å². The summed E-state index contributed by atoms with van der Waals surface area (Å²) < 4.78 is 0. The highest BCUT2D eigenvalue weighted by Crippen LogP contribution is 2.26. The van der Waals surface area contributed by atoms with E-state index in [0.717, 1.165) is 30.6 Å².